The summed E-state index contributed by atoms with van der Waals surface area (Å²) < 4.78 is 13.9. The molecule has 0 N–H and O–H groups in total. The Morgan fingerprint density at radius 1 is 0.333 bits per heavy atom. The minimum atomic E-state index is -1.03. The average Bonchev–Trinajstić information content (AvgIpc) is 3.12. The van der Waals surface area contributed by atoms with Gasteiger partial charge in [-0.25, -0.2) is 0 Å². The fourth-order valence-electron chi connectivity index (χ4n) is 6.48. The van der Waals surface area contributed by atoms with Gasteiger partial charge >= 0.3 is 0 Å². The van der Waals surface area contributed by atoms with E-state index in [2.05, 4.69) is 164 Å². The fraction of sp³-hybridized carbons (Fsp3) is 0. The highest BCUT2D eigenvalue weighted by atomic mass is 31.1. The summed E-state index contributed by atoms with van der Waals surface area (Å²) in [6.45, 7) is 0. The summed E-state index contributed by atoms with van der Waals surface area (Å²) >= 11 is 0. The van der Waals surface area contributed by atoms with Crippen molar-refractivity contribution in [1.29, 1.82) is 0 Å². The minimum absolute atomic E-state index is 0.887. The molecule has 2 heterocycles. The summed E-state index contributed by atoms with van der Waals surface area (Å²) in [5.41, 5.74) is 9.13. The normalized spacial score (nSPS) is 12.7. The molecule has 0 aromatic heterocycles. The molecule has 0 bridgehead atoms. The van der Waals surface area contributed by atoms with Gasteiger partial charge in [0, 0.05) is 29.7 Å². The van der Waals surface area contributed by atoms with Gasteiger partial charge in [-0.3, -0.25) is 0 Å². The van der Waals surface area contributed by atoms with E-state index in [0.29, 0.717) is 0 Å². The summed E-state index contributed by atoms with van der Waals surface area (Å²) in [5.74, 6) is 3.58. The van der Waals surface area contributed by atoms with Gasteiger partial charge in [0.05, 0.1) is 5.30 Å². The molecule has 0 fully saturated rings. The zero-order valence-electron chi connectivity index (χ0n) is 24.4. The van der Waals surface area contributed by atoms with Crippen LogP contribution in [0.3, 0.4) is 0 Å². The Bertz CT molecular complexity index is 2040. The summed E-state index contributed by atoms with van der Waals surface area (Å²) in [6.07, 6.45) is 0. The Morgan fingerprint density at radius 3 is 1.11 bits per heavy atom. The second-order valence-electron chi connectivity index (χ2n) is 11.3. The lowest BCUT2D eigenvalue weighted by atomic mass is 9.96. The van der Waals surface area contributed by atoms with Crippen LogP contribution < -0.4 is 25.4 Å². The predicted octanol–water partition coefficient (Wildman–Crippen LogP) is 10.3. The molecule has 7 aromatic rings. The molecule has 0 aliphatic carbocycles. The molecule has 0 amide bonds. The van der Waals surface area contributed by atoms with Gasteiger partial charge in [0.2, 0.25) is 0 Å². The van der Waals surface area contributed by atoms with Crippen molar-refractivity contribution in [3.8, 4) is 67.5 Å². The predicted molar refractivity (Wildman–Crippen MR) is 187 cm³/mol. The third kappa shape index (κ3) is 4.38. The third-order valence-corrected chi connectivity index (χ3v) is 11.2. The van der Waals surface area contributed by atoms with Crippen molar-refractivity contribution in [3.05, 3.63) is 164 Å². The molecular formula is C42H27O2P. The van der Waals surface area contributed by atoms with Crippen molar-refractivity contribution in [2.45, 2.75) is 0 Å². The van der Waals surface area contributed by atoms with Gasteiger partial charge in [0.1, 0.15) is 23.0 Å². The summed E-state index contributed by atoms with van der Waals surface area (Å²) in [4.78, 5) is 0. The quantitative estimate of drug-likeness (QED) is 0.189. The highest BCUT2D eigenvalue weighted by molar-refractivity contribution is 7.80. The van der Waals surface area contributed by atoms with E-state index >= 15 is 0 Å². The van der Waals surface area contributed by atoms with Crippen LogP contribution in [-0.4, -0.2) is 0 Å². The topological polar surface area (TPSA) is 18.5 Å². The van der Waals surface area contributed by atoms with E-state index in [1.54, 1.807) is 0 Å². The maximum Gasteiger partial charge on any atom is 0.147 e. The molecule has 2 aliphatic heterocycles. The second kappa shape index (κ2) is 10.6. The second-order valence-corrected chi connectivity index (χ2v) is 13.4. The third-order valence-electron chi connectivity index (χ3n) is 8.64. The van der Waals surface area contributed by atoms with Gasteiger partial charge < -0.3 is 9.47 Å². The van der Waals surface area contributed by atoms with Crippen LogP contribution in [0, 0.1) is 0 Å². The van der Waals surface area contributed by atoms with E-state index < -0.39 is 7.92 Å². The summed E-state index contributed by atoms with van der Waals surface area (Å²) in [6, 6.07) is 57.9. The molecule has 9 rings (SSSR count). The lowest BCUT2D eigenvalue weighted by Gasteiger charge is -2.37. The first-order valence-corrected chi connectivity index (χ1v) is 16.5. The molecule has 0 radical (unpaired) electrons. The molecule has 0 spiro atoms. The van der Waals surface area contributed by atoms with Gasteiger partial charge in [-0.05, 0) is 63.7 Å². The van der Waals surface area contributed by atoms with E-state index in [-0.39, 0.29) is 0 Å². The van der Waals surface area contributed by atoms with Crippen LogP contribution in [0.4, 0.5) is 0 Å². The number of fused-ring (bicyclic) bond motifs is 4. The van der Waals surface area contributed by atoms with Crippen LogP contribution in [0.1, 0.15) is 0 Å². The Balaban J connectivity index is 1.36. The smallest absolute Gasteiger partial charge is 0.147 e. The van der Waals surface area contributed by atoms with Crippen molar-refractivity contribution >= 4 is 23.8 Å². The number of hydrogen-bond donors (Lipinski definition) is 0. The van der Waals surface area contributed by atoms with E-state index in [0.717, 1.165) is 50.6 Å². The summed E-state index contributed by atoms with van der Waals surface area (Å²) in [7, 11) is -1.03. The zero-order chi connectivity index (χ0) is 29.7. The van der Waals surface area contributed by atoms with Gasteiger partial charge in [-0.2, -0.15) is 0 Å². The van der Waals surface area contributed by atoms with Crippen molar-refractivity contribution in [2.75, 3.05) is 0 Å². The van der Waals surface area contributed by atoms with Crippen LogP contribution in [0.15, 0.2) is 164 Å². The lowest BCUT2D eigenvalue weighted by Crippen LogP contribution is -2.32. The van der Waals surface area contributed by atoms with Crippen LogP contribution in [0.2, 0.25) is 0 Å². The molecule has 45 heavy (non-hydrogen) atoms. The first-order chi connectivity index (χ1) is 22.3. The largest absolute Gasteiger partial charge is 0.455 e. The van der Waals surface area contributed by atoms with Gasteiger partial charge in [0.25, 0.3) is 0 Å². The molecule has 0 saturated heterocycles. The van der Waals surface area contributed by atoms with Gasteiger partial charge in [-0.1, -0.05) is 133 Å². The molecule has 212 valence electrons. The Morgan fingerprint density at radius 2 is 0.711 bits per heavy atom. The number of benzene rings is 7. The average molecular weight is 595 g/mol. The molecule has 0 atom stereocenters. The van der Waals surface area contributed by atoms with Crippen molar-refractivity contribution in [1.82, 2.24) is 0 Å². The SMILES string of the molecule is c1ccc(-c2ccc3c(c2)P2c4cc(-c5ccccc5)ccc4Oc4c(-c5ccccc5)cc(-c5ccccc5)c(c42)O3)cc1. The van der Waals surface area contributed by atoms with E-state index in [4.69, 9.17) is 9.47 Å². The van der Waals surface area contributed by atoms with Crippen LogP contribution >= 0.6 is 7.92 Å². The zero-order valence-corrected chi connectivity index (χ0v) is 25.2. The van der Waals surface area contributed by atoms with Crippen molar-refractivity contribution in [2.24, 2.45) is 0 Å². The van der Waals surface area contributed by atoms with Gasteiger partial charge in [0.15, 0.2) is 0 Å². The van der Waals surface area contributed by atoms with E-state index in [1.807, 2.05) is 0 Å². The molecule has 3 heteroatoms. The summed E-state index contributed by atoms with van der Waals surface area (Å²) in [5, 5.41) is 3.55. The van der Waals surface area contributed by atoms with Crippen LogP contribution in [0.5, 0.6) is 23.0 Å². The molecule has 2 nitrogen and oxygen atoms in total. The monoisotopic (exact) mass is 594 g/mol. The van der Waals surface area contributed by atoms with Crippen molar-refractivity contribution in [3.63, 3.8) is 0 Å². The molecule has 0 unspecified atom stereocenters. The maximum absolute atomic E-state index is 6.96. The Labute approximate surface area is 263 Å². The van der Waals surface area contributed by atoms with Crippen molar-refractivity contribution < 1.29 is 9.47 Å². The van der Waals surface area contributed by atoms with Crippen LogP contribution in [-0.2, 0) is 0 Å². The number of hydrogen-bond acceptors (Lipinski definition) is 2. The molecular weight excluding hydrogens is 567 g/mol. The number of ether oxygens (including phenoxy) is 2. The lowest BCUT2D eigenvalue weighted by molar-refractivity contribution is 0.469. The van der Waals surface area contributed by atoms with E-state index in [1.165, 1.54) is 32.9 Å². The fourth-order valence-corrected chi connectivity index (χ4v) is 9.17. The highest BCUT2D eigenvalue weighted by Crippen LogP contribution is 2.58. The first kappa shape index (κ1) is 26.0. The Kier molecular flexibility index (Phi) is 6.14. The standard InChI is InChI=1S/C42H27O2P/c1-5-13-28(14-6-1)32-21-23-36-38(25-32)45-39-26-33(29-15-7-2-8-16-29)22-24-37(39)44-41-35(31-19-11-4-12-20-31)27-34(40(43-36)42(41)45)30-17-9-3-10-18-30/h1-27H. The molecule has 0 saturated carbocycles. The van der Waals surface area contributed by atoms with E-state index in [9.17, 15) is 0 Å². The molecule has 2 aliphatic rings. The van der Waals surface area contributed by atoms with Crippen LogP contribution in [0.25, 0.3) is 44.5 Å². The minimum Gasteiger partial charge on any atom is -0.455 e. The van der Waals surface area contributed by atoms with Gasteiger partial charge in [-0.15, -0.1) is 0 Å². The Hall–Kier alpha value is -5.43. The molecule has 7 aromatic carbocycles. The highest BCUT2D eigenvalue weighted by Gasteiger charge is 2.40. The first-order valence-electron chi connectivity index (χ1n) is 15.2. The number of rotatable bonds is 4. The maximum atomic E-state index is 6.96.